The maximum Gasteiger partial charge on any atom is 0.343 e. The van der Waals surface area contributed by atoms with E-state index in [1.54, 1.807) is 17.8 Å². The first-order valence-electron chi connectivity index (χ1n) is 10.0. The molecule has 0 heterocycles. The van der Waals surface area contributed by atoms with Crippen molar-refractivity contribution in [2.45, 2.75) is 11.8 Å². The molecule has 32 heavy (non-hydrogen) atoms. The van der Waals surface area contributed by atoms with Crippen LogP contribution in [0.25, 0.3) is 5.57 Å². The molecule has 3 rings (SSSR count). The summed E-state index contributed by atoms with van der Waals surface area (Å²) in [7, 11) is 1.34. The van der Waals surface area contributed by atoms with Crippen LogP contribution in [0.15, 0.2) is 77.7 Å². The number of hydrogen-bond acceptors (Lipinski definition) is 5. The van der Waals surface area contributed by atoms with Crippen molar-refractivity contribution in [2.24, 2.45) is 0 Å². The van der Waals surface area contributed by atoms with Crippen LogP contribution in [0.4, 0.5) is 0 Å². The van der Waals surface area contributed by atoms with Gasteiger partial charge in [0.05, 0.1) is 7.11 Å². The number of rotatable bonds is 9. The van der Waals surface area contributed by atoms with E-state index in [-0.39, 0.29) is 6.61 Å². The van der Waals surface area contributed by atoms with E-state index in [4.69, 9.17) is 9.47 Å². The molecule has 3 aromatic carbocycles. The summed E-state index contributed by atoms with van der Waals surface area (Å²) in [4.78, 5) is 12.5. The van der Waals surface area contributed by atoms with Gasteiger partial charge in [-0.3, -0.25) is 0 Å². The van der Waals surface area contributed by atoms with E-state index >= 15 is 0 Å². The van der Waals surface area contributed by atoms with Crippen molar-refractivity contribution >= 4 is 45.9 Å². The zero-order chi connectivity index (χ0) is 22.9. The van der Waals surface area contributed by atoms with E-state index in [0.29, 0.717) is 12.4 Å². The minimum Gasteiger partial charge on any atom is -0.489 e. The average molecular weight is 560 g/mol. The summed E-state index contributed by atoms with van der Waals surface area (Å²) < 4.78 is 17.3. The van der Waals surface area contributed by atoms with E-state index in [0.717, 1.165) is 28.0 Å². The SMILES string of the molecule is COC(=O)COc1ccc(OCC=C(c2ccc(I)cc2)c2ccc(SC)cc2)cc1C. The topological polar surface area (TPSA) is 44.8 Å². The molecule has 0 saturated carbocycles. The van der Waals surface area contributed by atoms with E-state index in [1.807, 2.05) is 19.1 Å². The van der Waals surface area contributed by atoms with Crippen LogP contribution in [-0.4, -0.2) is 32.5 Å². The predicted molar refractivity (Wildman–Crippen MR) is 139 cm³/mol. The minimum absolute atomic E-state index is 0.116. The Hall–Kier alpha value is -2.45. The van der Waals surface area contributed by atoms with Gasteiger partial charge in [-0.2, -0.15) is 0 Å². The number of halogens is 1. The Labute approximate surface area is 207 Å². The molecule has 0 unspecified atom stereocenters. The molecule has 0 fully saturated rings. The fourth-order valence-corrected chi connectivity index (χ4v) is 3.86. The molecule has 0 aliphatic rings. The molecule has 0 bridgehead atoms. The molecule has 0 amide bonds. The fourth-order valence-electron chi connectivity index (χ4n) is 3.09. The van der Waals surface area contributed by atoms with Crippen molar-refractivity contribution in [2.75, 3.05) is 26.6 Å². The summed E-state index contributed by atoms with van der Waals surface area (Å²) in [6.45, 7) is 2.22. The van der Waals surface area contributed by atoms with Gasteiger partial charge in [0, 0.05) is 8.47 Å². The van der Waals surface area contributed by atoms with Gasteiger partial charge in [0.1, 0.15) is 18.1 Å². The first-order chi connectivity index (χ1) is 15.5. The first kappa shape index (κ1) is 24.2. The van der Waals surface area contributed by atoms with Crippen LogP contribution in [0.5, 0.6) is 11.5 Å². The molecule has 0 radical (unpaired) electrons. The lowest BCUT2D eigenvalue weighted by Crippen LogP contribution is -2.13. The van der Waals surface area contributed by atoms with Crippen molar-refractivity contribution in [1.29, 1.82) is 0 Å². The molecule has 166 valence electrons. The maximum absolute atomic E-state index is 11.3. The summed E-state index contributed by atoms with van der Waals surface area (Å²) >= 11 is 4.04. The summed E-state index contributed by atoms with van der Waals surface area (Å²) in [6, 6.07) is 22.6. The maximum atomic E-state index is 11.3. The van der Waals surface area contributed by atoms with Gasteiger partial charge in [-0.25, -0.2) is 4.79 Å². The molecular formula is C26H25IO4S. The van der Waals surface area contributed by atoms with Crippen LogP contribution in [-0.2, 0) is 9.53 Å². The number of ether oxygens (including phenoxy) is 3. The first-order valence-corrected chi connectivity index (χ1v) is 12.3. The van der Waals surface area contributed by atoms with E-state index in [2.05, 4.69) is 88.2 Å². The van der Waals surface area contributed by atoms with Crippen molar-refractivity contribution in [1.82, 2.24) is 0 Å². The highest BCUT2D eigenvalue weighted by Crippen LogP contribution is 2.27. The molecule has 0 N–H and O–H groups in total. The van der Waals surface area contributed by atoms with Crippen LogP contribution in [0.3, 0.4) is 0 Å². The van der Waals surface area contributed by atoms with Crippen molar-refractivity contribution in [3.05, 3.63) is 93.1 Å². The standard InChI is InChI=1S/C26H25IO4S/c1-18-16-22(10-13-25(18)31-17-26(28)29-2)30-15-14-24(19-4-8-21(27)9-5-19)20-6-11-23(32-3)12-7-20/h4-14,16H,15,17H2,1-3H3. The smallest absolute Gasteiger partial charge is 0.343 e. The fraction of sp³-hybridized carbons (Fsp3) is 0.192. The number of methoxy groups -OCH3 is 1. The lowest BCUT2D eigenvalue weighted by molar-refractivity contribution is -0.142. The van der Waals surface area contributed by atoms with Gasteiger partial charge in [0.2, 0.25) is 0 Å². The van der Waals surface area contributed by atoms with Crippen LogP contribution in [0.1, 0.15) is 16.7 Å². The summed E-state index contributed by atoms with van der Waals surface area (Å²) in [6.07, 6.45) is 4.18. The molecule has 0 saturated heterocycles. The second-order valence-electron chi connectivity index (χ2n) is 6.96. The van der Waals surface area contributed by atoms with Crippen LogP contribution in [0, 0.1) is 10.5 Å². The molecule has 0 aromatic heterocycles. The summed E-state index contributed by atoms with van der Waals surface area (Å²) in [5.41, 5.74) is 4.31. The number of aryl methyl sites for hydroxylation is 1. The Morgan fingerprint density at radius 1 is 0.969 bits per heavy atom. The Balaban J connectivity index is 1.76. The third kappa shape index (κ3) is 6.77. The largest absolute Gasteiger partial charge is 0.489 e. The zero-order valence-corrected chi connectivity index (χ0v) is 21.2. The highest BCUT2D eigenvalue weighted by Gasteiger charge is 2.08. The summed E-state index contributed by atoms with van der Waals surface area (Å²) in [5.74, 6) is 0.958. The Morgan fingerprint density at radius 2 is 1.62 bits per heavy atom. The molecule has 6 heteroatoms. The number of carbonyl (C=O) groups is 1. The summed E-state index contributed by atoms with van der Waals surface area (Å²) in [5, 5.41) is 0. The Bertz CT molecular complexity index is 1080. The van der Waals surface area contributed by atoms with Crippen molar-refractivity contribution < 1.29 is 19.0 Å². The third-order valence-electron chi connectivity index (χ3n) is 4.81. The van der Waals surface area contributed by atoms with Gasteiger partial charge < -0.3 is 14.2 Å². The van der Waals surface area contributed by atoms with Gasteiger partial charge >= 0.3 is 5.97 Å². The lowest BCUT2D eigenvalue weighted by atomic mass is 9.98. The Kier molecular flexibility index (Phi) is 9.05. The second-order valence-corrected chi connectivity index (χ2v) is 9.08. The van der Waals surface area contributed by atoms with Crippen LogP contribution in [0.2, 0.25) is 0 Å². The van der Waals surface area contributed by atoms with E-state index < -0.39 is 5.97 Å². The third-order valence-corrected chi connectivity index (χ3v) is 6.28. The second kappa shape index (κ2) is 12.0. The minimum atomic E-state index is -0.413. The number of thioether (sulfide) groups is 1. The van der Waals surface area contributed by atoms with Gasteiger partial charge in [-0.1, -0.05) is 24.3 Å². The van der Waals surface area contributed by atoms with Gasteiger partial charge in [0.15, 0.2) is 6.61 Å². The Morgan fingerprint density at radius 3 is 2.22 bits per heavy atom. The average Bonchev–Trinajstić information content (AvgIpc) is 2.82. The van der Waals surface area contributed by atoms with E-state index in [9.17, 15) is 4.79 Å². The number of esters is 1. The molecule has 0 aliphatic heterocycles. The molecule has 3 aromatic rings. The normalized spacial score (nSPS) is 11.2. The zero-order valence-electron chi connectivity index (χ0n) is 18.3. The highest BCUT2D eigenvalue weighted by molar-refractivity contribution is 14.1. The van der Waals surface area contributed by atoms with Gasteiger partial charge in [-0.15, -0.1) is 11.8 Å². The molecule has 4 nitrogen and oxygen atoms in total. The molecule has 0 spiro atoms. The lowest BCUT2D eigenvalue weighted by Gasteiger charge is -2.12. The monoisotopic (exact) mass is 560 g/mol. The number of carbonyl (C=O) groups excluding carboxylic acids is 1. The quantitative estimate of drug-likeness (QED) is 0.173. The highest BCUT2D eigenvalue weighted by atomic mass is 127. The number of hydrogen-bond donors (Lipinski definition) is 0. The van der Waals surface area contributed by atoms with Crippen molar-refractivity contribution in [3.8, 4) is 11.5 Å². The molecule has 0 aliphatic carbocycles. The predicted octanol–water partition coefficient (Wildman–Crippen LogP) is 6.38. The molecule has 0 atom stereocenters. The number of benzene rings is 3. The van der Waals surface area contributed by atoms with Gasteiger partial charge in [-0.05, 0) is 107 Å². The van der Waals surface area contributed by atoms with Gasteiger partial charge in [0.25, 0.3) is 0 Å². The van der Waals surface area contributed by atoms with Crippen LogP contribution < -0.4 is 9.47 Å². The van der Waals surface area contributed by atoms with Crippen LogP contribution >= 0.6 is 34.4 Å². The van der Waals surface area contributed by atoms with E-state index in [1.165, 1.54) is 15.6 Å². The molecular weight excluding hydrogens is 535 g/mol. The van der Waals surface area contributed by atoms with Crippen molar-refractivity contribution in [3.63, 3.8) is 0 Å².